The lowest BCUT2D eigenvalue weighted by Gasteiger charge is -2.15. The minimum absolute atomic E-state index is 0.604. The lowest BCUT2D eigenvalue weighted by atomic mass is 10.1. The van der Waals surface area contributed by atoms with Crippen LogP contribution in [0.3, 0.4) is 0 Å². The zero-order chi connectivity index (χ0) is 21.2. The Kier molecular flexibility index (Phi) is 8.39. The fourth-order valence-electron chi connectivity index (χ4n) is 3.65. The molecule has 0 atom stereocenters. The van der Waals surface area contributed by atoms with Gasteiger partial charge in [-0.1, -0.05) is 30.3 Å². The third kappa shape index (κ3) is 6.39. The molecule has 2 N–H and O–H groups in total. The predicted molar refractivity (Wildman–Crippen MR) is 122 cm³/mol. The second-order valence-electron chi connectivity index (χ2n) is 7.50. The number of likely N-dealkylation sites (tertiary alicyclic amines) is 1. The molecule has 0 radical (unpaired) electrons. The van der Waals surface area contributed by atoms with Crippen LogP contribution >= 0.6 is 0 Å². The summed E-state index contributed by atoms with van der Waals surface area (Å²) in [5, 5.41) is 6.74. The van der Waals surface area contributed by atoms with Crippen LogP contribution in [0.2, 0.25) is 0 Å². The molecular formula is C24H34N4O2. The number of benzene rings is 2. The Labute approximate surface area is 180 Å². The molecule has 30 heavy (non-hydrogen) atoms. The normalized spacial score (nSPS) is 14.6. The summed E-state index contributed by atoms with van der Waals surface area (Å²) >= 11 is 0. The second-order valence-corrected chi connectivity index (χ2v) is 7.50. The first-order chi connectivity index (χ1) is 14.7. The van der Waals surface area contributed by atoms with Gasteiger partial charge in [-0.15, -0.1) is 0 Å². The van der Waals surface area contributed by atoms with Crippen molar-refractivity contribution in [1.29, 1.82) is 0 Å². The number of methoxy groups -OCH3 is 1. The van der Waals surface area contributed by atoms with Gasteiger partial charge >= 0.3 is 0 Å². The fraction of sp³-hybridized carbons (Fsp3) is 0.458. The molecule has 1 aliphatic heterocycles. The smallest absolute Gasteiger partial charge is 0.191 e. The van der Waals surface area contributed by atoms with Gasteiger partial charge in [0.2, 0.25) is 0 Å². The van der Waals surface area contributed by atoms with E-state index in [4.69, 9.17) is 9.47 Å². The van der Waals surface area contributed by atoms with Crippen molar-refractivity contribution in [3.8, 4) is 11.5 Å². The maximum absolute atomic E-state index is 5.66. The number of rotatable bonds is 9. The largest absolute Gasteiger partial charge is 0.493 e. The number of nitrogens with one attached hydrogen (secondary N) is 2. The Bertz CT molecular complexity index is 814. The highest BCUT2D eigenvalue weighted by atomic mass is 16.5. The summed E-state index contributed by atoms with van der Waals surface area (Å²) in [6.45, 7) is 7.47. The van der Waals surface area contributed by atoms with E-state index in [-0.39, 0.29) is 0 Å². The molecule has 1 saturated heterocycles. The van der Waals surface area contributed by atoms with Crippen LogP contribution in [0.1, 0.15) is 36.5 Å². The third-order valence-electron chi connectivity index (χ3n) is 5.30. The van der Waals surface area contributed by atoms with E-state index in [1.165, 1.54) is 37.1 Å². The molecule has 1 heterocycles. The number of hydrogen-bond acceptors (Lipinski definition) is 4. The maximum Gasteiger partial charge on any atom is 0.191 e. The number of ether oxygens (including phenoxy) is 2. The van der Waals surface area contributed by atoms with Crippen molar-refractivity contribution in [3.63, 3.8) is 0 Å². The van der Waals surface area contributed by atoms with Crippen molar-refractivity contribution in [2.75, 3.05) is 33.9 Å². The molecule has 2 aromatic carbocycles. The van der Waals surface area contributed by atoms with Crippen LogP contribution in [-0.2, 0) is 19.6 Å². The molecule has 0 saturated carbocycles. The van der Waals surface area contributed by atoms with Gasteiger partial charge in [0.1, 0.15) is 0 Å². The first-order valence-corrected chi connectivity index (χ1v) is 10.8. The molecule has 0 aromatic heterocycles. The highest BCUT2D eigenvalue weighted by molar-refractivity contribution is 5.79. The van der Waals surface area contributed by atoms with E-state index >= 15 is 0 Å². The van der Waals surface area contributed by atoms with Gasteiger partial charge in [-0.2, -0.15) is 0 Å². The summed E-state index contributed by atoms with van der Waals surface area (Å²) in [6, 6.07) is 14.8. The topological polar surface area (TPSA) is 58.1 Å². The molecule has 6 nitrogen and oxygen atoms in total. The summed E-state index contributed by atoms with van der Waals surface area (Å²) in [5.74, 6) is 2.28. The Morgan fingerprint density at radius 2 is 1.57 bits per heavy atom. The Balaban J connectivity index is 1.48. The van der Waals surface area contributed by atoms with Crippen molar-refractivity contribution in [2.45, 2.75) is 39.4 Å². The summed E-state index contributed by atoms with van der Waals surface area (Å²) in [5.41, 5.74) is 3.73. The minimum Gasteiger partial charge on any atom is -0.493 e. The van der Waals surface area contributed by atoms with Crippen LogP contribution in [0.5, 0.6) is 11.5 Å². The van der Waals surface area contributed by atoms with Crippen LogP contribution in [0.4, 0.5) is 0 Å². The van der Waals surface area contributed by atoms with Crippen LogP contribution in [0, 0.1) is 0 Å². The van der Waals surface area contributed by atoms with Crippen molar-refractivity contribution in [3.05, 3.63) is 59.2 Å². The van der Waals surface area contributed by atoms with E-state index in [9.17, 15) is 0 Å². The SMILES string of the molecule is CCOc1cc(CNC(=NC)NCc2ccc(CN3CCCC3)cc2)ccc1OC. The molecule has 162 valence electrons. The zero-order valence-electron chi connectivity index (χ0n) is 18.4. The summed E-state index contributed by atoms with van der Waals surface area (Å²) in [6.07, 6.45) is 2.66. The molecule has 0 bridgehead atoms. The van der Waals surface area contributed by atoms with Crippen LogP contribution < -0.4 is 20.1 Å². The average Bonchev–Trinajstić information content (AvgIpc) is 3.28. The molecule has 0 spiro atoms. The predicted octanol–water partition coefficient (Wildman–Crippen LogP) is 3.55. The van der Waals surface area contributed by atoms with Gasteiger partial charge < -0.3 is 20.1 Å². The van der Waals surface area contributed by atoms with E-state index in [1.54, 1.807) is 14.2 Å². The first kappa shape index (κ1) is 22.0. The standard InChI is InChI=1S/C24H34N4O2/c1-4-30-23-15-21(11-12-22(23)29-3)17-27-24(25-2)26-16-19-7-9-20(10-8-19)18-28-13-5-6-14-28/h7-12,15H,4-6,13-14,16-18H2,1-3H3,(H2,25,26,27). The van der Waals surface area contributed by atoms with Gasteiger partial charge in [0.05, 0.1) is 13.7 Å². The molecular weight excluding hydrogens is 376 g/mol. The summed E-state index contributed by atoms with van der Waals surface area (Å²) in [7, 11) is 3.44. The summed E-state index contributed by atoms with van der Waals surface area (Å²) in [4.78, 5) is 6.85. The van der Waals surface area contributed by atoms with Gasteiger partial charge in [0.15, 0.2) is 17.5 Å². The fourth-order valence-corrected chi connectivity index (χ4v) is 3.65. The molecule has 1 aliphatic rings. The van der Waals surface area contributed by atoms with Gasteiger partial charge in [-0.3, -0.25) is 9.89 Å². The van der Waals surface area contributed by atoms with Gasteiger partial charge in [0.25, 0.3) is 0 Å². The highest BCUT2D eigenvalue weighted by Gasteiger charge is 2.11. The molecule has 3 rings (SSSR count). The Morgan fingerprint density at radius 1 is 0.933 bits per heavy atom. The molecule has 0 amide bonds. The Morgan fingerprint density at radius 3 is 2.20 bits per heavy atom. The Hall–Kier alpha value is -2.73. The van der Waals surface area contributed by atoms with Crippen molar-refractivity contribution >= 4 is 5.96 Å². The number of hydrogen-bond donors (Lipinski definition) is 2. The zero-order valence-corrected chi connectivity index (χ0v) is 18.4. The average molecular weight is 411 g/mol. The van der Waals surface area contributed by atoms with Crippen LogP contribution in [0.25, 0.3) is 0 Å². The maximum atomic E-state index is 5.66. The molecule has 6 heteroatoms. The van der Waals surface area contributed by atoms with Crippen LogP contribution in [-0.4, -0.2) is 44.7 Å². The van der Waals surface area contributed by atoms with Crippen molar-refractivity contribution in [2.24, 2.45) is 4.99 Å². The molecule has 2 aromatic rings. The van der Waals surface area contributed by atoms with Gasteiger partial charge in [0, 0.05) is 26.7 Å². The van der Waals surface area contributed by atoms with E-state index in [2.05, 4.69) is 44.8 Å². The van der Waals surface area contributed by atoms with E-state index < -0.39 is 0 Å². The second kappa shape index (κ2) is 11.5. The minimum atomic E-state index is 0.604. The quantitative estimate of drug-likeness (QED) is 0.489. The number of aliphatic imine (C=N–C) groups is 1. The van der Waals surface area contributed by atoms with E-state index in [0.29, 0.717) is 13.2 Å². The van der Waals surface area contributed by atoms with Gasteiger partial charge in [-0.25, -0.2) is 0 Å². The van der Waals surface area contributed by atoms with Crippen molar-refractivity contribution in [1.82, 2.24) is 15.5 Å². The van der Waals surface area contributed by atoms with E-state index in [0.717, 1.165) is 36.1 Å². The van der Waals surface area contributed by atoms with Gasteiger partial charge in [-0.05, 0) is 61.7 Å². The summed E-state index contributed by atoms with van der Waals surface area (Å²) < 4.78 is 11.0. The lowest BCUT2D eigenvalue weighted by Crippen LogP contribution is -2.36. The monoisotopic (exact) mass is 410 g/mol. The van der Waals surface area contributed by atoms with Crippen LogP contribution in [0.15, 0.2) is 47.5 Å². The number of nitrogens with zero attached hydrogens (tertiary/aromatic N) is 2. The number of guanidine groups is 1. The molecule has 0 unspecified atom stereocenters. The molecule has 1 fully saturated rings. The first-order valence-electron chi connectivity index (χ1n) is 10.8. The molecule has 0 aliphatic carbocycles. The lowest BCUT2D eigenvalue weighted by molar-refractivity contribution is 0.310. The highest BCUT2D eigenvalue weighted by Crippen LogP contribution is 2.27. The van der Waals surface area contributed by atoms with Crippen molar-refractivity contribution < 1.29 is 9.47 Å². The third-order valence-corrected chi connectivity index (χ3v) is 5.30. The van der Waals surface area contributed by atoms with E-state index in [1.807, 2.05) is 25.1 Å².